The summed E-state index contributed by atoms with van der Waals surface area (Å²) in [6.45, 7) is 0. The Kier molecular flexibility index (Phi) is 3.37. The third kappa shape index (κ3) is 2.37. The minimum atomic E-state index is -1.02. The molecule has 1 saturated carbocycles. The molecule has 0 unspecified atom stereocenters. The number of phenols is 1. The molecule has 0 saturated heterocycles. The van der Waals surface area contributed by atoms with Crippen LogP contribution in [0.3, 0.4) is 0 Å². The summed E-state index contributed by atoms with van der Waals surface area (Å²) in [6.07, 6.45) is 4.40. The lowest BCUT2D eigenvalue weighted by Gasteiger charge is -2.18. The van der Waals surface area contributed by atoms with E-state index >= 15 is 0 Å². The topological polar surface area (TPSA) is 69.9 Å². The second-order valence-corrected chi connectivity index (χ2v) is 5.52. The number of hydrogen-bond acceptors (Lipinski definition) is 3. The third-order valence-corrected chi connectivity index (χ3v) is 4.22. The van der Waals surface area contributed by atoms with Crippen molar-refractivity contribution in [3.05, 3.63) is 42.0 Å². The fourth-order valence-electron chi connectivity index (χ4n) is 2.97. The van der Waals surface area contributed by atoms with E-state index in [1.54, 1.807) is 6.07 Å². The average molecular weight is 283 g/mol. The van der Waals surface area contributed by atoms with E-state index in [1.165, 1.54) is 6.21 Å². The molecule has 4 nitrogen and oxygen atoms in total. The first-order valence-electron chi connectivity index (χ1n) is 7.12. The Balaban J connectivity index is 2.07. The van der Waals surface area contributed by atoms with Gasteiger partial charge in [-0.1, -0.05) is 43.2 Å². The van der Waals surface area contributed by atoms with Gasteiger partial charge in [-0.25, -0.2) is 4.79 Å². The molecule has 2 N–H and O–H groups in total. The standard InChI is InChI=1S/C17H17NO3/c19-15-8-7-12-5-1-2-6-13(12)14(15)11-18-17(16(20)21)9-3-4-10-17/h1-2,5-8,11,19H,3-4,9-10H2,(H,20,21). The molecule has 1 aliphatic rings. The van der Waals surface area contributed by atoms with E-state index < -0.39 is 11.5 Å². The molecule has 0 radical (unpaired) electrons. The first-order valence-corrected chi connectivity index (χ1v) is 7.12. The Hall–Kier alpha value is -2.36. The normalized spacial score (nSPS) is 17.5. The summed E-state index contributed by atoms with van der Waals surface area (Å²) < 4.78 is 0. The van der Waals surface area contributed by atoms with Crippen LogP contribution < -0.4 is 0 Å². The number of rotatable bonds is 3. The van der Waals surface area contributed by atoms with Crippen molar-refractivity contribution >= 4 is 23.0 Å². The van der Waals surface area contributed by atoms with Crippen LogP contribution in [0.1, 0.15) is 31.2 Å². The number of phenolic OH excluding ortho intramolecular Hbond substituents is 1. The number of aromatic hydroxyl groups is 1. The highest BCUT2D eigenvalue weighted by molar-refractivity contribution is 6.03. The molecule has 0 bridgehead atoms. The number of aliphatic imine (C=N–C) groups is 1. The maximum Gasteiger partial charge on any atom is 0.331 e. The zero-order chi connectivity index (χ0) is 14.9. The minimum Gasteiger partial charge on any atom is -0.507 e. The summed E-state index contributed by atoms with van der Waals surface area (Å²) in [4.78, 5) is 15.9. The van der Waals surface area contributed by atoms with Gasteiger partial charge in [0, 0.05) is 11.8 Å². The third-order valence-electron chi connectivity index (χ3n) is 4.22. The van der Waals surface area contributed by atoms with E-state index in [0.29, 0.717) is 18.4 Å². The number of nitrogens with zero attached hydrogens (tertiary/aromatic N) is 1. The molecule has 2 aromatic carbocycles. The van der Waals surface area contributed by atoms with Crippen molar-refractivity contribution in [2.24, 2.45) is 4.99 Å². The van der Waals surface area contributed by atoms with E-state index in [1.807, 2.05) is 30.3 Å². The second-order valence-electron chi connectivity index (χ2n) is 5.52. The van der Waals surface area contributed by atoms with Crippen molar-refractivity contribution in [2.45, 2.75) is 31.2 Å². The number of benzene rings is 2. The van der Waals surface area contributed by atoms with Crippen LogP contribution in [-0.4, -0.2) is 27.9 Å². The fraction of sp³-hybridized carbons (Fsp3) is 0.294. The van der Waals surface area contributed by atoms with Gasteiger partial charge in [-0.3, -0.25) is 4.99 Å². The van der Waals surface area contributed by atoms with Crippen LogP contribution in [0.4, 0.5) is 0 Å². The van der Waals surface area contributed by atoms with Gasteiger partial charge in [-0.15, -0.1) is 0 Å². The van der Waals surface area contributed by atoms with Crippen LogP contribution in [0, 0.1) is 0 Å². The van der Waals surface area contributed by atoms with Crippen LogP contribution >= 0.6 is 0 Å². The molecule has 4 heteroatoms. The fourth-order valence-corrected chi connectivity index (χ4v) is 2.97. The van der Waals surface area contributed by atoms with Crippen molar-refractivity contribution in [1.82, 2.24) is 0 Å². The van der Waals surface area contributed by atoms with Gasteiger partial charge in [0.15, 0.2) is 5.54 Å². The lowest BCUT2D eigenvalue weighted by atomic mass is 9.98. The largest absolute Gasteiger partial charge is 0.507 e. The quantitative estimate of drug-likeness (QED) is 0.848. The molecule has 1 aliphatic carbocycles. The Bertz CT molecular complexity index is 715. The summed E-state index contributed by atoms with van der Waals surface area (Å²) in [5.41, 5.74) is -0.441. The zero-order valence-corrected chi connectivity index (χ0v) is 11.6. The molecule has 2 aromatic rings. The lowest BCUT2D eigenvalue weighted by Crippen LogP contribution is -2.33. The van der Waals surface area contributed by atoms with Crippen LogP contribution in [0.25, 0.3) is 10.8 Å². The zero-order valence-electron chi connectivity index (χ0n) is 11.6. The molecule has 21 heavy (non-hydrogen) atoms. The van der Waals surface area contributed by atoms with Gasteiger partial charge >= 0.3 is 5.97 Å². The van der Waals surface area contributed by atoms with E-state index in [9.17, 15) is 15.0 Å². The smallest absolute Gasteiger partial charge is 0.331 e. The van der Waals surface area contributed by atoms with Gasteiger partial charge in [-0.2, -0.15) is 0 Å². The monoisotopic (exact) mass is 283 g/mol. The van der Waals surface area contributed by atoms with Gasteiger partial charge in [0.05, 0.1) is 0 Å². The highest BCUT2D eigenvalue weighted by atomic mass is 16.4. The summed E-state index contributed by atoms with van der Waals surface area (Å²) >= 11 is 0. The minimum absolute atomic E-state index is 0.121. The molecular weight excluding hydrogens is 266 g/mol. The number of carboxylic acids is 1. The predicted molar refractivity (Wildman–Crippen MR) is 82.0 cm³/mol. The van der Waals surface area contributed by atoms with E-state index in [2.05, 4.69) is 4.99 Å². The van der Waals surface area contributed by atoms with Crippen molar-refractivity contribution in [2.75, 3.05) is 0 Å². The van der Waals surface area contributed by atoms with Crippen LogP contribution in [-0.2, 0) is 4.79 Å². The summed E-state index contributed by atoms with van der Waals surface area (Å²) in [6, 6.07) is 11.1. The van der Waals surface area contributed by atoms with Crippen molar-refractivity contribution in [1.29, 1.82) is 0 Å². The van der Waals surface area contributed by atoms with Gasteiger partial charge in [0.2, 0.25) is 0 Å². The van der Waals surface area contributed by atoms with E-state index in [4.69, 9.17) is 0 Å². The first kappa shape index (κ1) is 13.6. The Morgan fingerprint density at radius 1 is 1.14 bits per heavy atom. The highest BCUT2D eigenvalue weighted by Gasteiger charge is 2.40. The molecule has 0 atom stereocenters. The number of aliphatic carboxylic acids is 1. The Morgan fingerprint density at radius 3 is 2.57 bits per heavy atom. The van der Waals surface area contributed by atoms with Crippen molar-refractivity contribution in [3.63, 3.8) is 0 Å². The summed E-state index contributed by atoms with van der Waals surface area (Å²) in [5.74, 6) is -0.757. The molecular formula is C17H17NO3. The second kappa shape index (κ2) is 5.20. The maximum atomic E-state index is 11.5. The Labute approximate surface area is 122 Å². The van der Waals surface area contributed by atoms with Crippen LogP contribution in [0.5, 0.6) is 5.75 Å². The summed E-state index contributed by atoms with van der Waals surface area (Å²) in [5, 5.41) is 21.4. The number of carboxylic acid groups (broad SMARTS) is 1. The average Bonchev–Trinajstić information content (AvgIpc) is 2.96. The maximum absolute atomic E-state index is 11.5. The highest BCUT2D eigenvalue weighted by Crippen LogP contribution is 2.34. The Morgan fingerprint density at radius 2 is 1.86 bits per heavy atom. The van der Waals surface area contributed by atoms with Gasteiger partial charge in [-0.05, 0) is 29.7 Å². The number of hydrogen-bond donors (Lipinski definition) is 2. The van der Waals surface area contributed by atoms with Gasteiger partial charge < -0.3 is 10.2 Å². The van der Waals surface area contributed by atoms with E-state index in [0.717, 1.165) is 23.6 Å². The SMILES string of the molecule is O=C(O)C1(N=Cc2c(O)ccc3ccccc23)CCCC1. The molecule has 108 valence electrons. The molecule has 0 heterocycles. The van der Waals surface area contributed by atoms with E-state index in [-0.39, 0.29) is 5.75 Å². The number of fused-ring (bicyclic) bond motifs is 1. The van der Waals surface area contributed by atoms with Gasteiger partial charge in [0.1, 0.15) is 5.75 Å². The van der Waals surface area contributed by atoms with Gasteiger partial charge in [0.25, 0.3) is 0 Å². The molecule has 0 spiro atoms. The molecule has 0 aliphatic heterocycles. The van der Waals surface area contributed by atoms with Crippen molar-refractivity contribution < 1.29 is 15.0 Å². The molecule has 3 rings (SSSR count). The molecule has 0 aromatic heterocycles. The van der Waals surface area contributed by atoms with Crippen LogP contribution in [0.2, 0.25) is 0 Å². The molecule has 0 amide bonds. The summed E-state index contributed by atoms with van der Waals surface area (Å²) in [7, 11) is 0. The first-order chi connectivity index (χ1) is 10.1. The van der Waals surface area contributed by atoms with Crippen molar-refractivity contribution in [3.8, 4) is 5.75 Å². The molecule has 1 fully saturated rings. The lowest BCUT2D eigenvalue weighted by molar-refractivity contribution is -0.142. The predicted octanol–water partition coefficient (Wildman–Crippen LogP) is 3.36. The number of carbonyl (C=O) groups is 1. The van der Waals surface area contributed by atoms with Crippen LogP contribution in [0.15, 0.2) is 41.4 Å².